The molecule has 0 spiro atoms. The van der Waals surface area contributed by atoms with E-state index in [4.69, 9.17) is 14.2 Å². The molecule has 1 aromatic heterocycles. The molecular weight excluding hydrogens is 682 g/mol. The Balaban J connectivity index is 1.05. The Labute approximate surface area is 299 Å². The Hall–Kier alpha value is -4.82. The van der Waals surface area contributed by atoms with Gasteiger partial charge < -0.3 is 40.2 Å². The summed E-state index contributed by atoms with van der Waals surface area (Å²) in [7, 11) is 0. The van der Waals surface area contributed by atoms with Crippen LogP contribution in [0.15, 0.2) is 48.5 Å². The molecule has 18 nitrogen and oxygen atoms in total. The van der Waals surface area contributed by atoms with Gasteiger partial charge in [-0.1, -0.05) is 30.3 Å². The number of benzene rings is 2. The molecule has 1 fully saturated rings. The molecule has 1 aliphatic heterocycles. The second-order valence-electron chi connectivity index (χ2n) is 12.1. The molecule has 1 saturated heterocycles. The number of nitrogens with one attached hydrogen (secondary N) is 2. The number of carboxylic acid groups (broad SMARTS) is 3. The highest BCUT2D eigenvalue weighted by Crippen LogP contribution is 2.22. The lowest BCUT2D eigenvalue weighted by Crippen LogP contribution is -2.58. The Kier molecular flexibility index (Phi) is 16.0. The second kappa shape index (κ2) is 20.9. The van der Waals surface area contributed by atoms with Gasteiger partial charge in [-0.2, -0.15) is 0 Å². The Morgan fingerprint density at radius 3 is 1.63 bits per heavy atom. The van der Waals surface area contributed by atoms with E-state index in [1.807, 2.05) is 42.5 Å². The van der Waals surface area contributed by atoms with Gasteiger partial charge in [0.25, 0.3) is 5.91 Å². The number of aliphatic carboxylic acids is 3. The lowest BCUT2D eigenvalue weighted by Gasteiger charge is -2.40. The summed E-state index contributed by atoms with van der Waals surface area (Å²) in [5.74, 6) is -3.98. The third-order valence-corrected chi connectivity index (χ3v) is 7.68. The topological polar surface area (TPSA) is 224 Å². The predicted octanol–water partition coefficient (Wildman–Crippen LogP) is -0.411. The van der Waals surface area contributed by atoms with Crippen molar-refractivity contribution in [2.75, 3.05) is 106 Å². The number of aromatic nitrogens is 1. The fraction of sp³-hybridized carbons (Fsp3) is 0.471. The van der Waals surface area contributed by atoms with Gasteiger partial charge in [0.05, 0.1) is 109 Å². The van der Waals surface area contributed by atoms with Gasteiger partial charge in [-0.05, 0) is 18.2 Å². The quantitative estimate of drug-likeness (QED) is 0.0695. The van der Waals surface area contributed by atoms with Crippen LogP contribution in [-0.4, -0.2) is 175 Å². The molecule has 0 aliphatic carbocycles. The van der Waals surface area contributed by atoms with Crippen LogP contribution in [0.5, 0.6) is 0 Å². The predicted molar refractivity (Wildman–Crippen MR) is 186 cm³/mol. The van der Waals surface area contributed by atoms with E-state index in [2.05, 4.69) is 15.6 Å². The van der Waals surface area contributed by atoms with Crippen LogP contribution < -0.4 is 10.6 Å². The van der Waals surface area contributed by atoms with Gasteiger partial charge in [-0.3, -0.25) is 43.6 Å². The number of para-hydroxylation sites is 2. The van der Waals surface area contributed by atoms with Crippen molar-refractivity contribution in [2.45, 2.75) is 0 Å². The standard InChI is InChI=1S/C34H45N7O11/c42-29(17-38-21-39(18-30(43)44)23-41(20-32(47)48)24-40(22-38)19-31(45)46)35-8-10-50-12-14-52-15-13-51-11-9-36-34(49)27-6-3-5-26-16-25-4-1-2-7-28(25)37-33(26)27/h1-7,16H,8-15,17-24H2,(H,35,42)(H,36,49)(H,43,44)(H,45,46)(H,47,48). The maximum atomic E-state index is 12.8. The van der Waals surface area contributed by atoms with Crippen molar-refractivity contribution in [1.29, 1.82) is 0 Å². The molecule has 1 aliphatic rings. The largest absolute Gasteiger partial charge is 0.480 e. The van der Waals surface area contributed by atoms with Crippen LogP contribution >= 0.6 is 0 Å². The number of ether oxygens (including phenoxy) is 3. The van der Waals surface area contributed by atoms with Crippen LogP contribution in [-0.2, 0) is 33.4 Å². The van der Waals surface area contributed by atoms with Gasteiger partial charge >= 0.3 is 17.9 Å². The number of hydrogen-bond acceptors (Lipinski definition) is 13. The molecule has 0 atom stereocenters. The number of carbonyl (C=O) groups excluding carboxylic acids is 2. The minimum absolute atomic E-state index is 0.00120. The van der Waals surface area contributed by atoms with Gasteiger partial charge in [0, 0.05) is 23.9 Å². The van der Waals surface area contributed by atoms with Crippen molar-refractivity contribution in [3.8, 4) is 0 Å². The van der Waals surface area contributed by atoms with Crippen LogP contribution in [0.1, 0.15) is 10.4 Å². The van der Waals surface area contributed by atoms with Crippen LogP contribution in [0.2, 0.25) is 0 Å². The minimum atomic E-state index is -1.13. The monoisotopic (exact) mass is 727 g/mol. The number of carbonyl (C=O) groups is 5. The van der Waals surface area contributed by atoms with Crippen molar-refractivity contribution in [3.63, 3.8) is 0 Å². The van der Waals surface area contributed by atoms with Crippen molar-refractivity contribution in [1.82, 2.24) is 35.2 Å². The van der Waals surface area contributed by atoms with E-state index < -0.39 is 37.5 Å². The number of nitrogens with zero attached hydrogens (tertiary/aromatic N) is 5. The normalized spacial score (nSPS) is 14.9. The molecule has 5 N–H and O–H groups in total. The highest BCUT2D eigenvalue weighted by molar-refractivity contribution is 6.07. The number of rotatable bonds is 21. The van der Waals surface area contributed by atoms with Crippen LogP contribution in [0.3, 0.4) is 0 Å². The van der Waals surface area contributed by atoms with Gasteiger partial charge in [0.1, 0.15) is 0 Å². The summed E-state index contributed by atoms with van der Waals surface area (Å²) >= 11 is 0. The van der Waals surface area contributed by atoms with Crippen LogP contribution in [0.25, 0.3) is 21.8 Å². The summed E-state index contributed by atoms with van der Waals surface area (Å²) in [5.41, 5.74) is 1.97. The number of amides is 2. The average Bonchev–Trinajstić information content (AvgIpc) is 3.07. The van der Waals surface area contributed by atoms with Crippen LogP contribution in [0, 0.1) is 0 Å². The third-order valence-electron chi connectivity index (χ3n) is 7.68. The summed E-state index contributed by atoms with van der Waals surface area (Å²) < 4.78 is 16.5. The van der Waals surface area contributed by atoms with Crippen molar-refractivity contribution in [2.24, 2.45) is 0 Å². The number of pyridine rings is 1. The summed E-state index contributed by atoms with van der Waals surface area (Å²) in [6.07, 6.45) is 0. The first kappa shape index (κ1) is 40.0. The van der Waals surface area contributed by atoms with E-state index in [1.165, 1.54) is 14.7 Å². The number of fused-ring (bicyclic) bond motifs is 2. The molecule has 0 bridgehead atoms. The first-order chi connectivity index (χ1) is 25.1. The summed E-state index contributed by atoms with van der Waals surface area (Å²) in [6.45, 7) is 0.874. The molecule has 0 radical (unpaired) electrons. The molecule has 2 amide bonds. The Morgan fingerprint density at radius 2 is 1.08 bits per heavy atom. The van der Waals surface area contributed by atoms with Gasteiger partial charge in [0.15, 0.2) is 0 Å². The molecule has 2 heterocycles. The van der Waals surface area contributed by atoms with Gasteiger partial charge in [-0.15, -0.1) is 0 Å². The molecule has 52 heavy (non-hydrogen) atoms. The molecule has 282 valence electrons. The van der Waals surface area contributed by atoms with Gasteiger partial charge in [0.2, 0.25) is 5.91 Å². The number of hydrogen-bond donors (Lipinski definition) is 5. The molecule has 0 saturated carbocycles. The molecule has 18 heteroatoms. The van der Waals surface area contributed by atoms with E-state index in [1.54, 1.807) is 11.0 Å². The first-order valence-corrected chi connectivity index (χ1v) is 16.7. The van der Waals surface area contributed by atoms with E-state index in [0.717, 1.165) is 16.3 Å². The molecular formula is C34H45N7O11. The summed E-state index contributed by atoms with van der Waals surface area (Å²) in [6, 6.07) is 15.3. The SMILES string of the molecule is O=C(O)CN1CN(CC(=O)O)CN(CC(=O)NCCOCCOCCOCCNC(=O)c2cccc3cc4ccccc4nc23)CN(CC(=O)O)C1. The van der Waals surface area contributed by atoms with Crippen molar-refractivity contribution in [3.05, 3.63) is 54.1 Å². The van der Waals surface area contributed by atoms with E-state index >= 15 is 0 Å². The van der Waals surface area contributed by atoms with Crippen molar-refractivity contribution < 1.29 is 53.5 Å². The highest BCUT2D eigenvalue weighted by Gasteiger charge is 2.27. The van der Waals surface area contributed by atoms with Crippen molar-refractivity contribution >= 4 is 51.5 Å². The zero-order chi connectivity index (χ0) is 37.3. The summed E-state index contributed by atoms with van der Waals surface area (Å²) in [5, 5.41) is 35.3. The third kappa shape index (κ3) is 13.7. The minimum Gasteiger partial charge on any atom is -0.480 e. The maximum absolute atomic E-state index is 12.8. The smallest absolute Gasteiger partial charge is 0.317 e. The zero-order valence-corrected chi connectivity index (χ0v) is 28.8. The van der Waals surface area contributed by atoms with E-state index in [9.17, 15) is 39.3 Å². The molecule has 0 unspecified atom stereocenters. The van der Waals surface area contributed by atoms with E-state index in [0.29, 0.717) is 44.1 Å². The lowest BCUT2D eigenvalue weighted by atomic mass is 10.1. The van der Waals surface area contributed by atoms with Gasteiger partial charge in [-0.25, -0.2) is 4.98 Å². The molecule has 4 rings (SSSR count). The fourth-order valence-electron chi connectivity index (χ4n) is 5.66. The summed E-state index contributed by atoms with van der Waals surface area (Å²) in [4.78, 5) is 70.2. The second-order valence-corrected chi connectivity index (χ2v) is 12.1. The van der Waals surface area contributed by atoms with Crippen LogP contribution in [0.4, 0.5) is 0 Å². The average molecular weight is 728 g/mol. The lowest BCUT2D eigenvalue weighted by molar-refractivity contribution is -0.145. The van der Waals surface area contributed by atoms with E-state index in [-0.39, 0.29) is 64.8 Å². The number of carboxylic acids is 3. The first-order valence-electron chi connectivity index (χ1n) is 16.7. The molecule has 3 aromatic rings. The maximum Gasteiger partial charge on any atom is 0.317 e. The Morgan fingerprint density at radius 1 is 0.596 bits per heavy atom. The zero-order valence-electron chi connectivity index (χ0n) is 28.8. The molecule has 2 aromatic carbocycles. The fourth-order valence-corrected chi connectivity index (χ4v) is 5.66. The highest BCUT2D eigenvalue weighted by atomic mass is 16.5. The Bertz CT molecular complexity index is 1650.